The van der Waals surface area contributed by atoms with Gasteiger partial charge in [-0.05, 0) is 34.9 Å². The zero-order chi connectivity index (χ0) is 14.0. The average Bonchev–Trinajstić information content (AvgIpc) is 2.39. The fraction of sp³-hybridized carbons (Fsp3) is 0.235. The van der Waals surface area contributed by atoms with E-state index in [2.05, 4.69) is 39.8 Å². The number of allylic oxidation sites excluding steroid dienone is 5. The molecule has 0 saturated carbocycles. The van der Waals surface area contributed by atoms with E-state index in [1.165, 1.54) is 5.69 Å². The molecular weight excluding hydrogens is 232 g/mol. The van der Waals surface area contributed by atoms with E-state index < -0.39 is 0 Å². The van der Waals surface area contributed by atoms with Gasteiger partial charge < -0.3 is 4.90 Å². The van der Waals surface area contributed by atoms with Crippen LogP contribution in [0.5, 0.6) is 0 Å². The predicted octanol–water partition coefficient (Wildman–Crippen LogP) is 2.78. The van der Waals surface area contributed by atoms with Crippen molar-refractivity contribution in [3.05, 3.63) is 60.2 Å². The van der Waals surface area contributed by atoms with Crippen LogP contribution >= 0.6 is 0 Å². The largest absolute Gasteiger partial charge is 0.378 e. The van der Waals surface area contributed by atoms with Gasteiger partial charge in [-0.2, -0.15) is 0 Å². The highest BCUT2D eigenvalue weighted by Crippen LogP contribution is 2.27. The average molecular weight is 252 g/mol. The van der Waals surface area contributed by atoms with Crippen molar-refractivity contribution < 1.29 is 4.58 Å². The van der Waals surface area contributed by atoms with E-state index in [-0.39, 0.29) is 0 Å². The van der Waals surface area contributed by atoms with Crippen molar-refractivity contribution in [2.45, 2.75) is 0 Å². The topological polar surface area (TPSA) is 6.25 Å². The van der Waals surface area contributed by atoms with Gasteiger partial charge in [-0.1, -0.05) is 18.7 Å². The Labute approximate surface area is 115 Å². The molecule has 0 N–H and O–H groups in total. The fourth-order valence-electron chi connectivity index (χ4n) is 2.01. The Kier molecular flexibility index (Phi) is 3.70. The van der Waals surface area contributed by atoms with Gasteiger partial charge in [0.2, 0.25) is 0 Å². The first-order chi connectivity index (χ1) is 8.99. The maximum absolute atomic E-state index is 6.09. The van der Waals surface area contributed by atoms with Gasteiger partial charge in [-0.25, -0.2) is 4.58 Å². The lowest BCUT2D eigenvalue weighted by atomic mass is 9.93. The van der Waals surface area contributed by atoms with Crippen molar-refractivity contribution in [2.75, 3.05) is 33.1 Å². The predicted molar refractivity (Wildman–Crippen MR) is 82.8 cm³/mol. The zero-order valence-corrected chi connectivity index (χ0v) is 12.0. The first-order valence-electron chi connectivity index (χ1n) is 6.33. The second-order valence-corrected chi connectivity index (χ2v) is 5.11. The highest BCUT2D eigenvalue weighted by molar-refractivity contribution is 6.10. The van der Waals surface area contributed by atoms with Gasteiger partial charge in [-0.3, -0.25) is 0 Å². The number of rotatable bonds is 2. The summed E-state index contributed by atoms with van der Waals surface area (Å²) in [6, 6.07) is 8.44. The van der Waals surface area contributed by atoms with E-state index in [0.29, 0.717) is 0 Å². The summed E-state index contributed by atoms with van der Waals surface area (Å²) in [7, 11) is 8.14. The van der Waals surface area contributed by atoms with Crippen LogP contribution in [-0.4, -0.2) is 38.5 Å². The molecule has 0 unspecified atom stereocenters. The van der Waals surface area contributed by atoms with Crippen LogP contribution in [0.3, 0.4) is 0 Å². The molecule has 1 radical (unpaired) electrons. The van der Waals surface area contributed by atoms with Crippen molar-refractivity contribution in [3.63, 3.8) is 0 Å². The van der Waals surface area contributed by atoms with Crippen molar-refractivity contribution in [1.82, 2.24) is 0 Å². The normalized spacial score (nSPS) is 14.4. The maximum atomic E-state index is 6.09. The number of benzene rings is 1. The maximum Gasteiger partial charge on any atom is 0.200 e. The van der Waals surface area contributed by atoms with Gasteiger partial charge in [-0.15, -0.1) is 0 Å². The number of anilines is 1. The van der Waals surface area contributed by atoms with Crippen LogP contribution in [0.4, 0.5) is 5.69 Å². The molecule has 0 heterocycles. The summed E-state index contributed by atoms with van der Waals surface area (Å²) in [5, 5.41) is 0. The van der Waals surface area contributed by atoms with Crippen LogP contribution in [0.2, 0.25) is 0 Å². The minimum absolute atomic E-state index is 0.809. The van der Waals surface area contributed by atoms with Crippen LogP contribution in [0.1, 0.15) is 5.56 Å². The molecule has 1 aromatic rings. The quantitative estimate of drug-likeness (QED) is 0.734. The van der Waals surface area contributed by atoms with E-state index in [1.807, 2.05) is 40.3 Å². The second-order valence-electron chi connectivity index (χ2n) is 5.11. The summed E-state index contributed by atoms with van der Waals surface area (Å²) in [5.74, 6) is 0. The van der Waals surface area contributed by atoms with E-state index in [1.54, 1.807) is 0 Å². The molecule has 2 rings (SSSR count). The third kappa shape index (κ3) is 2.84. The Morgan fingerprint density at radius 1 is 1.00 bits per heavy atom. The van der Waals surface area contributed by atoms with Gasteiger partial charge >= 0.3 is 0 Å². The summed E-state index contributed by atoms with van der Waals surface area (Å²) < 4.78 is 2.08. The number of nitrogens with zero attached hydrogens (tertiary/aromatic N) is 2. The molecule has 1 aliphatic rings. The highest BCUT2D eigenvalue weighted by Gasteiger charge is 2.13. The van der Waals surface area contributed by atoms with Gasteiger partial charge in [0, 0.05) is 31.9 Å². The Hall–Kier alpha value is -2.09. The van der Waals surface area contributed by atoms with Gasteiger partial charge in [0.25, 0.3) is 0 Å². The first kappa shape index (κ1) is 13.3. The lowest BCUT2D eigenvalue weighted by molar-refractivity contribution is -0.462. The smallest absolute Gasteiger partial charge is 0.200 e. The molecule has 2 heteroatoms. The minimum Gasteiger partial charge on any atom is -0.378 e. The van der Waals surface area contributed by atoms with Crippen LogP contribution < -0.4 is 4.90 Å². The van der Waals surface area contributed by atoms with Gasteiger partial charge in [0.05, 0.1) is 0 Å². The van der Waals surface area contributed by atoms with Crippen molar-refractivity contribution in [3.8, 4) is 0 Å². The van der Waals surface area contributed by atoms with Crippen molar-refractivity contribution in [1.29, 1.82) is 0 Å². The fourth-order valence-corrected chi connectivity index (χ4v) is 2.01. The molecule has 0 atom stereocenters. The Bertz CT molecular complexity index is 580. The molecule has 0 spiro atoms. The van der Waals surface area contributed by atoms with Gasteiger partial charge in [0.1, 0.15) is 14.1 Å². The highest BCUT2D eigenvalue weighted by atomic mass is 15.1. The number of hydrogen-bond donors (Lipinski definition) is 0. The zero-order valence-electron chi connectivity index (χ0n) is 12.0. The Morgan fingerprint density at radius 2 is 1.63 bits per heavy atom. The SMILES string of the molecule is [CH]=C1C=CC(=[N+](C)C)C=C1c1ccc(N(C)C)cc1. The molecule has 1 aliphatic carbocycles. The minimum atomic E-state index is 0.809. The van der Waals surface area contributed by atoms with Gasteiger partial charge in [0.15, 0.2) is 5.71 Å². The van der Waals surface area contributed by atoms with Crippen LogP contribution in [0.25, 0.3) is 5.57 Å². The second kappa shape index (κ2) is 5.27. The molecule has 0 aromatic heterocycles. The lowest BCUT2D eigenvalue weighted by Crippen LogP contribution is -2.11. The van der Waals surface area contributed by atoms with Crippen LogP contribution in [-0.2, 0) is 0 Å². The molecule has 19 heavy (non-hydrogen) atoms. The molecular formula is C17H20N2+. The molecule has 0 fully saturated rings. The van der Waals surface area contributed by atoms with Crippen molar-refractivity contribution >= 4 is 17.0 Å². The third-order valence-electron chi connectivity index (χ3n) is 3.25. The summed E-state index contributed by atoms with van der Waals surface area (Å²) in [4.78, 5) is 2.09. The van der Waals surface area contributed by atoms with Crippen molar-refractivity contribution in [2.24, 2.45) is 0 Å². The Balaban J connectivity index is 2.40. The first-order valence-corrected chi connectivity index (χ1v) is 6.33. The molecule has 0 aliphatic heterocycles. The standard InChI is InChI=1S/C17H20N2/c1-13-6-9-16(19(4)5)12-17(13)14-7-10-15(11-8-14)18(2)3/h1,6-12H,2-5H3/q+1. The molecule has 0 bridgehead atoms. The lowest BCUT2D eigenvalue weighted by Gasteiger charge is -2.15. The summed E-state index contributed by atoms with van der Waals surface area (Å²) >= 11 is 0. The van der Waals surface area contributed by atoms with Crippen LogP contribution in [0.15, 0.2) is 48.1 Å². The molecule has 1 aromatic carbocycles. The number of hydrogen-bond acceptors (Lipinski definition) is 1. The summed E-state index contributed by atoms with van der Waals surface area (Å²) in [6.45, 7) is 6.09. The molecule has 2 nitrogen and oxygen atoms in total. The third-order valence-corrected chi connectivity index (χ3v) is 3.25. The van der Waals surface area contributed by atoms with E-state index in [0.717, 1.165) is 22.4 Å². The monoisotopic (exact) mass is 252 g/mol. The summed E-state index contributed by atoms with van der Waals surface area (Å²) in [5.41, 5.74) is 5.37. The van der Waals surface area contributed by atoms with E-state index >= 15 is 0 Å². The molecule has 97 valence electrons. The van der Waals surface area contributed by atoms with E-state index in [9.17, 15) is 0 Å². The van der Waals surface area contributed by atoms with E-state index in [4.69, 9.17) is 6.58 Å². The Morgan fingerprint density at radius 3 is 2.16 bits per heavy atom. The van der Waals surface area contributed by atoms with Crippen LogP contribution in [0, 0.1) is 6.58 Å². The molecule has 0 saturated heterocycles. The summed E-state index contributed by atoms with van der Waals surface area (Å²) in [6.07, 6.45) is 6.12. The molecule has 0 amide bonds.